The van der Waals surface area contributed by atoms with Crippen LogP contribution in [0.1, 0.15) is 0 Å². The normalized spacial score (nSPS) is 27.9. The molecule has 0 aromatic carbocycles. The predicted octanol–water partition coefficient (Wildman–Crippen LogP) is 0.485. The summed E-state index contributed by atoms with van der Waals surface area (Å²) in [4.78, 5) is 11.0. The van der Waals surface area contributed by atoms with Crippen LogP contribution in [0.15, 0.2) is 27.7 Å². The lowest BCUT2D eigenvalue weighted by Gasteiger charge is -2.12. The standard InChI is InChI=1S/C7H8N2O2S/c1-12(11)7-3-2-4-9(7)5-6(10)8-12/h2-4H,5H2,1H3. The smallest absolute Gasteiger partial charge is 0.274 e. The lowest BCUT2D eigenvalue weighted by Crippen LogP contribution is -2.19. The summed E-state index contributed by atoms with van der Waals surface area (Å²) >= 11 is 0. The van der Waals surface area contributed by atoms with E-state index in [1.54, 1.807) is 22.9 Å². The third-order valence-electron chi connectivity index (χ3n) is 1.76. The fraction of sp³-hybridized carbons (Fsp3) is 0.286. The third-order valence-corrected chi connectivity index (χ3v) is 3.46. The van der Waals surface area contributed by atoms with Gasteiger partial charge in [-0.05, 0) is 12.1 Å². The predicted molar refractivity (Wildman–Crippen MR) is 44.2 cm³/mol. The minimum absolute atomic E-state index is 0.215. The molecule has 0 bridgehead atoms. The van der Waals surface area contributed by atoms with Gasteiger partial charge in [0.15, 0.2) is 0 Å². The van der Waals surface area contributed by atoms with E-state index < -0.39 is 9.73 Å². The molecule has 0 spiro atoms. The van der Waals surface area contributed by atoms with Crippen LogP contribution in [0.4, 0.5) is 0 Å². The van der Waals surface area contributed by atoms with E-state index in [9.17, 15) is 9.00 Å². The second-order valence-corrected chi connectivity index (χ2v) is 4.97. The topological polar surface area (TPSA) is 51.4 Å². The van der Waals surface area contributed by atoms with Crippen LogP contribution >= 0.6 is 0 Å². The summed E-state index contributed by atoms with van der Waals surface area (Å²) in [6.07, 6.45) is 3.22. The number of hydrogen-bond donors (Lipinski definition) is 0. The van der Waals surface area contributed by atoms with E-state index in [0.717, 1.165) is 0 Å². The van der Waals surface area contributed by atoms with Gasteiger partial charge in [0.25, 0.3) is 5.91 Å². The van der Waals surface area contributed by atoms with Gasteiger partial charge < -0.3 is 4.57 Å². The van der Waals surface area contributed by atoms with E-state index >= 15 is 0 Å². The second-order valence-electron chi connectivity index (χ2n) is 2.76. The summed E-state index contributed by atoms with van der Waals surface area (Å²) in [6.45, 7) is 0.215. The van der Waals surface area contributed by atoms with E-state index in [1.165, 1.54) is 6.26 Å². The van der Waals surface area contributed by atoms with Crippen LogP contribution in [-0.2, 0) is 21.1 Å². The summed E-state index contributed by atoms with van der Waals surface area (Å²) in [7, 11) is -2.46. The van der Waals surface area contributed by atoms with Crippen molar-refractivity contribution in [1.29, 1.82) is 0 Å². The molecule has 1 aliphatic heterocycles. The maximum atomic E-state index is 11.7. The SMILES string of the molecule is CS1(=O)=NC(=O)Cn2cccc21. The van der Waals surface area contributed by atoms with Crippen LogP contribution in [0, 0.1) is 0 Å². The van der Waals surface area contributed by atoms with Gasteiger partial charge in [-0.3, -0.25) is 4.79 Å². The summed E-state index contributed by atoms with van der Waals surface area (Å²) in [5, 5.41) is 0.641. The van der Waals surface area contributed by atoms with Crippen LogP contribution in [0.3, 0.4) is 0 Å². The molecule has 0 radical (unpaired) electrons. The molecule has 5 heteroatoms. The van der Waals surface area contributed by atoms with E-state index in [-0.39, 0.29) is 12.5 Å². The van der Waals surface area contributed by atoms with Gasteiger partial charge in [0.2, 0.25) is 0 Å². The van der Waals surface area contributed by atoms with Crippen LogP contribution in [0.5, 0.6) is 0 Å². The Bertz CT molecular complexity index is 452. The molecule has 64 valence electrons. The first-order chi connectivity index (χ1) is 5.59. The summed E-state index contributed by atoms with van der Waals surface area (Å²) < 4.78 is 17.0. The Hall–Kier alpha value is -1.10. The minimum atomic E-state index is -2.46. The van der Waals surface area contributed by atoms with Gasteiger partial charge >= 0.3 is 0 Å². The number of nitrogens with zero attached hydrogens (tertiary/aromatic N) is 2. The third kappa shape index (κ3) is 0.972. The molecule has 1 atom stereocenters. The average molecular weight is 184 g/mol. The molecule has 4 nitrogen and oxygen atoms in total. The van der Waals surface area contributed by atoms with Crippen molar-refractivity contribution in [3.8, 4) is 0 Å². The van der Waals surface area contributed by atoms with Crippen molar-refractivity contribution in [3.63, 3.8) is 0 Å². The number of amides is 1. The molecule has 0 saturated carbocycles. The quantitative estimate of drug-likeness (QED) is 0.589. The lowest BCUT2D eigenvalue weighted by atomic mass is 10.6. The van der Waals surface area contributed by atoms with E-state index in [2.05, 4.69) is 4.36 Å². The zero-order chi connectivity index (χ0) is 8.77. The number of hydrogen-bond acceptors (Lipinski definition) is 2. The first-order valence-corrected chi connectivity index (χ1v) is 5.42. The summed E-state index contributed by atoms with van der Waals surface area (Å²) in [6, 6.07) is 3.50. The molecule has 0 N–H and O–H groups in total. The Morgan fingerprint density at radius 1 is 1.67 bits per heavy atom. The van der Waals surface area contributed by atoms with Crippen molar-refractivity contribution in [2.75, 3.05) is 6.26 Å². The van der Waals surface area contributed by atoms with Crippen LogP contribution in [0.25, 0.3) is 0 Å². The van der Waals surface area contributed by atoms with Crippen molar-refractivity contribution >= 4 is 15.6 Å². The Balaban J connectivity index is 2.77. The Labute approximate surface area is 70.4 Å². The Kier molecular flexibility index (Phi) is 1.38. The fourth-order valence-corrected chi connectivity index (χ4v) is 2.72. The van der Waals surface area contributed by atoms with Crippen molar-refractivity contribution in [2.24, 2.45) is 4.36 Å². The molecule has 0 saturated heterocycles. The Morgan fingerprint density at radius 3 is 3.17 bits per heavy atom. The zero-order valence-corrected chi connectivity index (χ0v) is 7.37. The van der Waals surface area contributed by atoms with Crippen molar-refractivity contribution in [2.45, 2.75) is 11.6 Å². The van der Waals surface area contributed by atoms with E-state index in [0.29, 0.717) is 5.03 Å². The van der Waals surface area contributed by atoms with Crippen LogP contribution < -0.4 is 0 Å². The van der Waals surface area contributed by atoms with Gasteiger partial charge in [-0.25, -0.2) is 4.21 Å². The van der Waals surface area contributed by atoms with Gasteiger partial charge in [0.1, 0.15) is 11.6 Å². The molecule has 1 unspecified atom stereocenters. The maximum Gasteiger partial charge on any atom is 0.274 e. The number of carbonyl (C=O) groups is 1. The van der Waals surface area contributed by atoms with Gasteiger partial charge in [-0.1, -0.05) is 0 Å². The molecule has 2 heterocycles. The van der Waals surface area contributed by atoms with Crippen LogP contribution in [-0.4, -0.2) is 20.9 Å². The Morgan fingerprint density at radius 2 is 2.42 bits per heavy atom. The highest BCUT2D eigenvalue weighted by atomic mass is 32.2. The number of aromatic nitrogens is 1. The first-order valence-electron chi connectivity index (χ1n) is 3.50. The number of carbonyl (C=O) groups excluding carboxylic acids is 1. The monoisotopic (exact) mass is 184 g/mol. The zero-order valence-electron chi connectivity index (χ0n) is 6.56. The molecule has 1 aliphatic rings. The molecule has 0 fully saturated rings. The molecule has 12 heavy (non-hydrogen) atoms. The highest BCUT2D eigenvalue weighted by Gasteiger charge is 2.19. The highest BCUT2D eigenvalue weighted by Crippen LogP contribution is 2.17. The molecular formula is C7H8N2O2S. The van der Waals surface area contributed by atoms with E-state index in [4.69, 9.17) is 0 Å². The van der Waals surface area contributed by atoms with Crippen LogP contribution in [0.2, 0.25) is 0 Å². The van der Waals surface area contributed by atoms with Gasteiger partial charge in [0.05, 0.1) is 9.73 Å². The summed E-state index contributed by atoms with van der Waals surface area (Å²) in [5.41, 5.74) is 0. The second kappa shape index (κ2) is 2.20. The van der Waals surface area contributed by atoms with E-state index in [1.807, 2.05) is 0 Å². The molecule has 2 rings (SSSR count). The van der Waals surface area contributed by atoms with Crippen molar-refractivity contribution in [3.05, 3.63) is 18.3 Å². The maximum absolute atomic E-state index is 11.7. The minimum Gasteiger partial charge on any atom is -0.331 e. The van der Waals surface area contributed by atoms with Crippen molar-refractivity contribution in [1.82, 2.24) is 4.57 Å². The molecule has 1 aromatic rings. The fourth-order valence-electron chi connectivity index (χ4n) is 1.29. The molecule has 1 aromatic heterocycles. The molecule has 1 amide bonds. The number of rotatable bonds is 0. The van der Waals surface area contributed by atoms with Gasteiger partial charge in [-0.15, -0.1) is 0 Å². The van der Waals surface area contributed by atoms with Gasteiger partial charge in [-0.2, -0.15) is 4.36 Å². The largest absolute Gasteiger partial charge is 0.331 e. The summed E-state index contributed by atoms with van der Waals surface area (Å²) in [5.74, 6) is -0.314. The number of fused-ring (bicyclic) bond motifs is 1. The highest BCUT2D eigenvalue weighted by molar-refractivity contribution is 7.93. The average Bonchev–Trinajstić information content (AvgIpc) is 2.32. The van der Waals surface area contributed by atoms with Gasteiger partial charge in [0, 0.05) is 12.5 Å². The molecule has 0 aliphatic carbocycles. The van der Waals surface area contributed by atoms with Crippen molar-refractivity contribution < 1.29 is 9.00 Å². The lowest BCUT2D eigenvalue weighted by molar-refractivity contribution is -0.118. The first kappa shape index (κ1) is 7.54. The molecular weight excluding hydrogens is 176 g/mol.